The van der Waals surface area contributed by atoms with Crippen LogP contribution in [0.5, 0.6) is 5.75 Å². The van der Waals surface area contributed by atoms with Crippen LogP contribution in [-0.2, 0) is 9.53 Å². The maximum atomic E-state index is 11.8. The third-order valence-electron chi connectivity index (χ3n) is 3.47. The molecule has 3 rings (SSSR count). The third-order valence-corrected chi connectivity index (χ3v) is 3.47. The number of hydrogen-bond donors (Lipinski definition) is 0. The second kappa shape index (κ2) is 4.04. The molecule has 0 bridgehead atoms. The number of rotatable bonds is 2. The summed E-state index contributed by atoms with van der Waals surface area (Å²) in [6, 6.07) is 7.98. The number of ether oxygens (including phenoxy) is 2. The topological polar surface area (TPSA) is 38.8 Å². The number of amides is 1. The van der Waals surface area contributed by atoms with Gasteiger partial charge in [0, 0.05) is 12.0 Å². The summed E-state index contributed by atoms with van der Waals surface area (Å²) < 4.78 is 10.8. The lowest BCUT2D eigenvalue weighted by atomic mass is 10.2. The third kappa shape index (κ3) is 1.69. The van der Waals surface area contributed by atoms with Crippen LogP contribution < -0.4 is 4.74 Å². The average molecular weight is 233 g/mol. The predicted octanol–water partition coefficient (Wildman–Crippen LogP) is 1.72. The van der Waals surface area contributed by atoms with Crippen LogP contribution in [0.1, 0.15) is 24.6 Å². The standard InChI is InChI=1S/C13H15NO3/c1-16-11-5-2-9(3-6-11)13-14-10(8-17-13)4-7-12(14)15/h2-3,5-6,10,13H,4,7-8H2,1H3/t10-,13?/m0/s1. The lowest BCUT2D eigenvalue weighted by Crippen LogP contribution is -2.30. The first-order valence-corrected chi connectivity index (χ1v) is 5.86. The Kier molecular flexibility index (Phi) is 2.52. The molecule has 1 unspecified atom stereocenters. The highest BCUT2D eigenvalue weighted by atomic mass is 16.5. The molecular formula is C13H15NO3. The van der Waals surface area contributed by atoms with Crippen molar-refractivity contribution in [2.24, 2.45) is 0 Å². The predicted molar refractivity (Wildman–Crippen MR) is 61.6 cm³/mol. The Morgan fingerprint density at radius 2 is 2.12 bits per heavy atom. The van der Waals surface area contributed by atoms with E-state index in [9.17, 15) is 4.79 Å². The minimum Gasteiger partial charge on any atom is -0.497 e. The molecule has 0 radical (unpaired) electrons. The van der Waals surface area contributed by atoms with E-state index in [2.05, 4.69) is 0 Å². The number of nitrogens with zero attached hydrogens (tertiary/aromatic N) is 1. The van der Waals surface area contributed by atoms with E-state index < -0.39 is 0 Å². The molecule has 2 atom stereocenters. The van der Waals surface area contributed by atoms with Crippen LogP contribution >= 0.6 is 0 Å². The monoisotopic (exact) mass is 233 g/mol. The first kappa shape index (κ1) is 10.6. The Bertz CT molecular complexity index is 429. The molecule has 2 aliphatic rings. The highest BCUT2D eigenvalue weighted by molar-refractivity contribution is 5.79. The molecule has 0 N–H and O–H groups in total. The lowest BCUT2D eigenvalue weighted by Gasteiger charge is -2.22. The van der Waals surface area contributed by atoms with E-state index in [4.69, 9.17) is 9.47 Å². The quantitative estimate of drug-likeness (QED) is 0.780. The summed E-state index contributed by atoms with van der Waals surface area (Å²) in [5, 5.41) is 0. The van der Waals surface area contributed by atoms with Gasteiger partial charge in [0.25, 0.3) is 0 Å². The van der Waals surface area contributed by atoms with E-state index in [0.29, 0.717) is 13.0 Å². The van der Waals surface area contributed by atoms with Crippen molar-refractivity contribution < 1.29 is 14.3 Å². The zero-order valence-corrected chi connectivity index (χ0v) is 9.76. The number of carbonyl (C=O) groups is 1. The van der Waals surface area contributed by atoms with Gasteiger partial charge in [0.05, 0.1) is 19.8 Å². The van der Waals surface area contributed by atoms with Crippen LogP contribution in [0.25, 0.3) is 0 Å². The minimum absolute atomic E-state index is 0.202. The van der Waals surface area contributed by atoms with Crippen molar-refractivity contribution in [2.75, 3.05) is 13.7 Å². The van der Waals surface area contributed by atoms with Crippen LogP contribution in [-0.4, -0.2) is 30.6 Å². The van der Waals surface area contributed by atoms with E-state index in [0.717, 1.165) is 17.7 Å². The van der Waals surface area contributed by atoms with Crippen LogP contribution in [0, 0.1) is 0 Å². The zero-order chi connectivity index (χ0) is 11.8. The van der Waals surface area contributed by atoms with Gasteiger partial charge in [-0.25, -0.2) is 0 Å². The van der Waals surface area contributed by atoms with E-state index in [1.165, 1.54) is 0 Å². The van der Waals surface area contributed by atoms with Gasteiger partial charge in [0.1, 0.15) is 5.75 Å². The number of hydrogen-bond acceptors (Lipinski definition) is 3. The van der Waals surface area contributed by atoms with Gasteiger partial charge in [-0.3, -0.25) is 4.79 Å². The first-order chi connectivity index (χ1) is 8.29. The fourth-order valence-corrected chi connectivity index (χ4v) is 2.56. The summed E-state index contributed by atoms with van der Waals surface area (Å²) in [4.78, 5) is 13.7. The molecule has 0 aromatic heterocycles. The smallest absolute Gasteiger partial charge is 0.225 e. The van der Waals surface area contributed by atoms with Crippen LogP contribution in [0.15, 0.2) is 24.3 Å². The number of benzene rings is 1. The van der Waals surface area contributed by atoms with Crippen molar-refractivity contribution in [2.45, 2.75) is 25.1 Å². The molecule has 4 heteroatoms. The molecule has 0 saturated carbocycles. The van der Waals surface area contributed by atoms with E-state index in [-0.39, 0.29) is 18.2 Å². The van der Waals surface area contributed by atoms with Gasteiger partial charge in [-0.1, -0.05) is 12.1 Å². The van der Waals surface area contributed by atoms with E-state index >= 15 is 0 Å². The largest absolute Gasteiger partial charge is 0.497 e. The Hall–Kier alpha value is -1.55. The lowest BCUT2D eigenvalue weighted by molar-refractivity contribution is -0.134. The molecule has 0 spiro atoms. The highest BCUT2D eigenvalue weighted by Crippen LogP contribution is 2.37. The second-order valence-corrected chi connectivity index (χ2v) is 4.45. The van der Waals surface area contributed by atoms with Crippen molar-refractivity contribution in [3.05, 3.63) is 29.8 Å². The molecule has 90 valence electrons. The van der Waals surface area contributed by atoms with Crippen molar-refractivity contribution in [3.8, 4) is 5.75 Å². The Morgan fingerprint density at radius 1 is 1.35 bits per heavy atom. The minimum atomic E-state index is -0.207. The molecule has 2 fully saturated rings. The molecule has 0 aliphatic carbocycles. The van der Waals surface area contributed by atoms with Crippen molar-refractivity contribution in [1.29, 1.82) is 0 Å². The average Bonchev–Trinajstić information content (AvgIpc) is 2.93. The number of methoxy groups -OCH3 is 1. The molecule has 1 aromatic carbocycles. The Morgan fingerprint density at radius 3 is 2.82 bits per heavy atom. The maximum absolute atomic E-state index is 11.8. The summed E-state index contributed by atoms with van der Waals surface area (Å²) in [5.41, 5.74) is 1.02. The van der Waals surface area contributed by atoms with Gasteiger partial charge < -0.3 is 14.4 Å². The molecule has 2 heterocycles. The summed E-state index contributed by atoms with van der Waals surface area (Å²) in [7, 11) is 1.64. The summed E-state index contributed by atoms with van der Waals surface area (Å²) in [6.45, 7) is 0.655. The number of carbonyl (C=O) groups excluding carboxylic acids is 1. The Balaban J connectivity index is 1.86. The fourth-order valence-electron chi connectivity index (χ4n) is 2.56. The fraction of sp³-hybridized carbons (Fsp3) is 0.462. The molecule has 2 aliphatic heterocycles. The van der Waals surface area contributed by atoms with Crippen molar-refractivity contribution >= 4 is 5.91 Å². The first-order valence-electron chi connectivity index (χ1n) is 5.86. The van der Waals surface area contributed by atoms with Gasteiger partial charge >= 0.3 is 0 Å². The normalized spacial score (nSPS) is 27.4. The zero-order valence-electron chi connectivity index (χ0n) is 9.76. The van der Waals surface area contributed by atoms with Gasteiger partial charge in [0.15, 0.2) is 6.23 Å². The van der Waals surface area contributed by atoms with Crippen LogP contribution in [0.2, 0.25) is 0 Å². The summed E-state index contributed by atoms with van der Waals surface area (Å²) in [5.74, 6) is 1.02. The Labute approximate surface area is 100 Å². The molecule has 17 heavy (non-hydrogen) atoms. The summed E-state index contributed by atoms with van der Waals surface area (Å²) >= 11 is 0. The number of fused-ring (bicyclic) bond motifs is 1. The second-order valence-electron chi connectivity index (χ2n) is 4.45. The van der Waals surface area contributed by atoms with E-state index in [1.54, 1.807) is 7.11 Å². The maximum Gasteiger partial charge on any atom is 0.225 e. The van der Waals surface area contributed by atoms with Gasteiger partial charge in [-0.15, -0.1) is 0 Å². The summed E-state index contributed by atoms with van der Waals surface area (Å²) in [6.07, 6.45) is 1.37. The highest BCUT2D eigenvalue weighted by Gasteiger charge is 2.42. The van der Waals surface area contributed by atoms with Crippen LogP contribution in [0.3, 0.4) is 0 Å². The van der Waals surface area contributed by atoms with Gasteiger partial charge in [-0.05, 0) is 18.6 Å². The SMILES string of the molecule is COc1ccc(C2OC[C@@H]3CCC(=O)N23)cc1. The van der Waals surface area contributed by atoms with Crippen molar-refractivity contribution in [1.82, 2.24) is 4.90 Å². The van der Waals surface area contributed by atoms with Gasteiger partial charge in [-0.2, -0.15) is 0 Å². The van der Waals surface area contributed by atoms with Gasteiger partial charge in [0.2, 0.25) is 5.91 Å². The molecular weight excluding hydrogens is 218 g/mol. The van der Waals surface area contributed by atoms with Crippen LogP contribution in [0.4, 0.5) is 0 Å². The molecule has 1 aromatic rings. The molecule has 4 nitrogen and oxygen atoms in total. The molecule has 1 amide bonds. The van der Waals surface area contributed by atoms with Crippen molar-refractivity contribution in [3.63, 3.8) is 0 Å². The van der Waals surface area contributed by atoms with E-state index in [1.807, 2.05) is 29.2 Å². The molecule has 2 saturated heterocycles.